The largest absolute Gasteiger partial charge is 0.356 e. The number of rotatable bonds is 7. The van der Waals surface area contributed by atoms with Crippen molar-refractivity contribution in [2.24, 2.45) is 11.8 Å². The molecule has 1 aromatic rings. The van der Waals surface area contributed by atoms with Crippen molar-refractivity contribution in [2.45, 2.75) is 69.6 Å². The molecule has 1 N–H and O–H groups in total. The summed E-state index contributed by atoms with van der Waals surface area (Å²) < 4.78 is 27.4. The molecule has 192 valence electrons. The van der Waals surface area contributed by atoms with Crippen LogP contribution in [-0.2, 0) is 19.6 Å². The quantitative estimate of drug-likeness (QED) is 0.578. The fourth-order valence-corrected chi connectivity index (χ4v) is 6.91. The molecule has 4 rings (SSSR count). The van der Waals surface area contributed by atoms with Gasteiger partial charge in [-0.25, -0.2) is 8.42 Å². The molecule has 0 radical (unpaired) electrons. The zero-order valence-electron chi connectivity index (χ0n) is 20.9. The van der Waals surface area contributed by atoms with Gasteiger partial charge in [0.1, 0.15) is 0 Å². The summed E-state index contributed by atoms with van der Waals surface area (Å²) in [7, 11) is -3.52. The third kappa shape index (κ3) is 6.53. The van der Waals surface area contributed by atoms with E-state index in [2.05, 4.69) is 11.4 Å². The summed E-state index contributed by atoms with van der Waals surface area (Å²) in [5, 5.41) is 3.10. The van der Waals surface area contributed by atoms with Crippen LogP contribution in [0.4, 0.5) is 0 Å². The Labute approximate surface area is 210 Å². The van der Waals surface area contributed by atoms with E-state index in [-0.39, 0.29) is 23.7 Å². The molecule has 0 saturated carbocycles. The molecule has 2 amide bonds. The summed E-state index contributed by atoms with van der Waals surface area (Å²) in [6.45, 7) is 4.56. The number of nitrogens with zero attached hydrogens (tertiary/aromatic N) is 2. The third-order valence-corrected chi connectivity index (χ3v) is 9.68. The van der Waals surface area contributed by atoms with Crippen LogP contribution in [0.1, 0.15) is 63.4 Å². The van der Waals surface area contributed by atoms with Crippen LogP contribution in [0.5, 0.6) is 0 Å². The van der Waals surface area contributed by atoms with Crippen LogP contribution < -0.4 is 5.32 Å². The van der Waals surface area contributed by atoms with E-state index >= 15 is 0 Å². The van der Waals surface area contributed by atoms with Crippen LogP contribution in [0, 0.1) is 18.8 Å². The number of allylic oxidation sites excluding steroid dienone is 1. The van der Waals surface area contributed by atoms with Crippen molar-refractivity contribution in [1.29, 1.82) is 0 Å². The van der Waals surface area contributed by atoms with E-state index in [0.717, 1.165) is 24.8 Å². The zero-order valence-corrected chi connectivity index (χ0v) is 21.7. The first-order valence-electron chi connectivity index (χ1n) is 13.2. The highest BCUT2D eigenvalue weighted by Gasteiger charge is 2.35. The Morgan fingerprint density at radius 3 is 2.23 bits per heavy atom. The van der Waals surface area contributed by atoms with Gasteiger partial charge in [-0.15, -0.1) is 0 Å². The molecule has 0 unspecified atom stereocenters. The second kappa shape index (κ2) is 11.7. The maximum Gasteiger partial charge on any atom is 0.243 e. The molecule has 0 atom stereocenters. The lowest BCUT2D eigenvalue weighted by Crippen LogP contribution is -2.48. The molecule has 2 fully saturated rings. The van der Waals surface area contributed by atoms with Crippen molar-refractivity contribution in [2.75, 3.05) is 32.7 Å². The summed E-state index contributed by atoms with van der Waals surface area (Å²) in [6.07, 6.45) is 10.6. The van der Waals surface area contributed by atoms with Crippen LogP contribution in [-0.4, -0.2) is 62.2 Å². The maximum absolute atomic E-state index is 13.1. The van der Waals surface area contributed by atoms with Gasteiger partial charge in [-0.1, -0.05) is 29.3 Å². The average Bonchev–Trinajstić information content (AvgIpc) is 2.89. The lowest BCUT2D eigenvalue weighted by atomic mass is 9.92. The minimum absolute atomic E-state index is 0.0270. The van der Waals surface area contributed by atoms with Gasteiger partial charge in [0.2, 0.25) is 21.8 Å². The van der Waals surface area contributed by atoms with Crippen molar-refractivity contribution in [3.63, 3.8) is 0 Å². The number of benzene rings is 1. The number of piperidine rings is 2. The van der Waals surface area contributed by atoms with E-state index in [1.165, 1.54) is 22.7 Å². The fourth-order valence-electron chi connectivity index (χ4n) is 5.44. The number of nitrogens with one attached hydrogen (secondary N) is 1. The highest BCUT2D eigenvalue weighted by atomic mass is 32.2. The minimum atomic E-state index is -3.52. The van der Waals surface area contributed by atoms with Gasteiger partial charge in [0.25, 0.3) is 0 Å². The van der Waals surface area contributed by atoms with Crippen LogP contribution >= 0.6 is 0 Å². The number of carbonyl (C=O) groups excluding carboxylic acids is 2. The Bertz CT molecular complexity index is 1020. The SMILES string of the molecule is Cc1ccc(S(=O)(=O)N2CCC(C(=O)N3CCC(C(=O)NCCC4=CCCCC4)CC3)CC2)cc1. The minimum Gasteiger partial charge on any atom is -0.356 e. The molecule has 1 aromatic carbocycles. The molecule has 7 nitrogen and oxygen atoms in total. The molecule has 2 heterocycles. The number of aryl methyl sites for hydroxylation is 1. The van der Waals surface area contributed by atoms with Crippen molar-refractivity contribution in [3.8, 4) is 0 Å². The second-order valence-corrected chi connectivity index (χ2v) is 12.2. The predicted octanol–water partition coefficient (Wildman–Crippen LogP) is 3.64. The maximum atomic E-state index is 13.1. The topological polar surface area (TPSA) is 86.8 Å². The molecule has 1 aliphatic carbocycles. The summed E-state index contributed by atoms with van der Waals surface area (Å²) in [5.41, 5.74) is 2.49. The van der Waals surface area contributed by atoms with E-state index in [0.29, 0.717) is 63.3 Å². The van der Waals surface area contributed by atoms with Gasteiger partial charge in [-0.2, -0.15) is 4.31 Å². The van der Waals surface area contributed by atoms with Crippen molar-refractivity contribution >= 4 is 21.8 Å². The van der Waals surface area contributed by atoms with Gasteiger partial charge in [-0.3, -0.25) is 9.59 Å². The smallest absolute Gasteiger partial charge is 0.243 e. The molecule has 0 aromatic heterocycles. The Kier molecular flexibility index (Phi) is 8.65. The van der Waals surface area contributed by atoms with Crippen molar-refractivity contribution in [3.05, 3.63) is 41.5 Å². The Hall–Kier alpha value is -2.19. The first-order valence-corrected chi connectivity index (χ1v) is 14.6. The molecule has 2 saturated heterocycles. The molecule has 0 bridgehead atoms. The van der Waals surface area contributed by atoms with Gasteiger partial charge in [0.05, 0.1) is 4.90 Å². The fraction of sp³-hybridized carbons (Fsp3) is 0.630. The van der Waals surface area contributed by atoms with Gasteiger partial charge in [-0.05, 0) is 76.8 Å². The molecule has 35 heavy (non-hydrogen) atoms. The third-order valence-electron chi connectivity index (χ3n) is 7.77. The first kappa shape index (κ1) is 25.9. The second-order valence-electron chi connectivity index (χ2n) is 10.2. The Morgan fingerprint density at radius 2 is 1.60 bits per heavy atom. The lowest BCUT2D eigenvalue weighted by molar-refractivity contribution is -0.140. The Morgan fingerprint density at radius 1 is 0.943 bits per heavy atom. The first-order chi connectivity index (χ1) is 16.8. The van der Waals surface area contributed by atoms with Crippen LogP contribution in [0.3, 0.4) is 0 Å². The number of amides is 2. The molecule has 0 spiro atoms. The molecule has 8 heteroatoms. The van der Waals surface area contributed by atoms with Crippen molar-refractivity contribution < 1.29 is 18.0 Å². The summed E-state index contributed by atoms with van der Waals surface area (Å²) in [5.74, 6) is 0.0538. The number of hydrogen-bond acceptors (Lipinski definition) is 4. The van der Waals surface area contributed by atoms with Gasteiger partial charge >= 0.3 is 0 Å². The van der Waals surface area contributed by atoms with E-state index in [9.17, 15) is 18.0 Å². The zero-order chi connectivity index (χ0) is 24.8. The number of hydrogen-bond donors (Lipinski definition) is 1. The van der Waals surface area contributed by atoms with Crippen molar-refractivity contribution in [1.82, 2.24) is 14.5 Å². The summed E-state index contributed by atoms with van der Waals surface area (Å²) >= 11 is 0. The molecule has 3 aliphatic rings. The number of carbonyl (C=O) groups is 2. The van der Waals surface area contributed by atoms with E-state index in [1.54, 1.807) is 24.3 Å². The number of sulfonamides is 1. The summed E-state index contributed by atoms with van der Waals surface area (Å²) in [4.78, 5) is 27.9. The average molecular weight is 502 g/mol. The number of likely N-dealkylation sites (tertiary alicyclic amines) is 1. The van der Waals surface area contributed by atoms with Gasteiger partial charge in [0, 0.05) is 44.6 Å². The standard InChI is InChI=1S/C27H39N3O4S/c1-21-7-9-25(10-8-21)35(33,34)30-19-14-24(15-20-30)27(32)29-17-12-23(13-18-29)26(31)28-16-11-22-5-3-2-4-6-22/h5,7-10,23-24H,2-4,6,11-20H2,1H3,(H,28,31). The van der Waals surface area contributed by atoms with Gasteiger partial charge < -0.3 is 10.2 Å². The highest BCUT2D eigenvalue weighted by molar-refractivity contribution is 7.89. The van der Waals surface area contributed by atoms with E-state index in [4.69, 9.17) is 0 Å². The van der Waals surface area contributed by atoms with Crippen LogP contribution in [0.25, 0.3) is 0 Å². The summed E-state index contributed by atoms with van der Waals surface area (Å²) in [6, 6.07) is 6.91. The van der Waals surface area contributed by atoms with Crippen LogP contribution in [0.2, 0.25) is 0 Å². The molecule has 2 aliphatic heterocycles. The highest BCUT2D eigenvalue weighted by Crippen LogP contribution is 2.27. The van der Waals surface area contributed by atoms with E-state index in [1.807, 2.05) is 11.8 Å². The van der Waals surface area contributed by atoms with Gasteiger partial charge in [0.15, 0.2) is 0 Å². The monoisotopic (exact) mass is 501 g/mol. The predicted molar refractivity (Wildman–Crippen MR) is 136 cm³/mol. The Balaban J connectivity index is 1.19. The molecular formula is C27H39N3O4S. The van der Waals surface area contributed by atoms with E-state index < -0.39 is 10.0 Å². The molecular weight excluding hydrogens is 462 g/mol. The lowest BCUT2D eigenvalue weighted by Gasteiger charge is -2.36. The normalized spacial score (nSPS) is 20.9. The van der Waals surface area contributed by atoms with Crippen LogP contribution in [0.15, 0.2) is 40.8 Å².